The molecule has 0 saturated carbocycles. The second kappa shape index (κ2) is 4.54. The lowest BCUT2D eigenvalue weighted by Gasteiger charge is -2.03. The lowest BCUT2D eigenvalue weighted by molar-refractivity contribution is 0.0537. The van der Waals surface area contributed by atoms with Gasteiger partial charge in [0.25, 0.3) is 5.91 Å². The van der Waals surface area contributed by atoms with Crippen molar-refractivity contribution in [3.05, 3.63) is 42.5 Å². The van der Waals surface area contributed by atoms with E-state index in [0.717, 1.165) is 5.69 Å². The predicted molar refractivity (Wildman–Crippen MR) is 55.8 cm³/mol. The third-order valence-electron chi connectivity index (χ3n) is 2.01. The fraction of sp³-hybridized carbons (Fsp3) is 0.100. The van der Waals surface area contributed by atoms with E-state index in [1.165, 1.54) is 13.4 Å². The fourth-order valence-electron chi connectivity index (χ4n) is 1.26. The minimum absolute atomic E-state index is 0.285. The van der Waals surface area contributed by atoms with Crippen LogP contribution < -0.4 is 5.48 Å². The van der Waals surface area contributed by atoms with E-state index in [-0.39, 0.29) is 5.91 Å². The molecule has 2 rings (SSSR count). The number of amides is 1. The summed E-state index contributed by atoms with van der Waals surface area (Å²) in [5, 5.41) is 3.98. The number of hydroxylamine groups is 1. The molecule has 6 nitrogen and oxygen atoms in total. The van der Waals surface area contributed by atoms with Crippen molar-refractivity contribution in [2.24, 2.45) is 0 Å². The highest BCUT2D eigenvalue weighted by Crippen LogP contribution is 2.07. The first kappa shape index (κ1) is 10.3. The van der Waals surface area contributed by atoms with Crippen LogP contribution in [0.2, 0.25) is 0 Å². The molecule has 1 amide bonds. The average Bonchev–Trinajstić information content (AvgIpc) is 2.83. The van der Waals surface area contributed by atoms with Gasteiger partial charge >= 0.3 is 0 Å². The SMILES string of the molecule is CONC(=O)c1ccc(-n2cncn2)cc1. The Hall–Kier alpha value is -2.21. The molecule has 0 spiro atoms. The molecule has 1 heterocycles. The quantitative estimate of drug-likeness (QED) is 0.764. The lowest BCUT2D eigenvalue weighted by Crippen LogP contribution is -2.21. The number of nitrogens with one attached hydrogen (secondary N) is 1. The van der Waals surface area contributed by atoms with Crippen molar-refractivity contribution in [3.63, 3.8) is 0 Å². The number of benzene rings is 1. The van der Waals surface area contributed by atoms with Crippen molar-refractivity contribution >= 4 is 5.91 Å². The van der Waals surface area contributed by atoms with Crippen molar-refractivity contribution in [1.82, 2.24) is 20.2 Å². The molecular formula is C10H10N4O2. The highest BCUT2D eigenvalue weighted by molar-refractivity contribution is 5.93. The Morgan fingerprint density at radius 2 is 2.12 bits per heavy atom. The summed E-state index contributed by atoms with van der Waals surface area (Å²) >= 11 is 0. The van der Waals surface area contributed by atoms with Gasteiger partial charge in [0, 0.05) is 5.56 Å². The maximum absolute atomic E-state index is 11.4. The number of rotatable bonds is 3. The van der Waals surface area contributed by atoms with Gasteiger partial charge in [-0.3, -0.25) is 9.63 Å². The highest BCUT2D eigenvalue weighted by atomic mass is 16.6. The van der Waals surface area contributed by atoms with Crippen LogP contribution in [0, 0.1) is 0 Å². The van der Waals surface area contributed by atoms with Gasteiger partial charge in [-0.05, 0) is 24.3 Å². The molecule has 0 saturated heterocycles. The van der Waals surface area contributed by atoms with E-state index in [0.29, 0.717) is 5.56 Å². The van der Waals surface area contributed by atoms with Crippen molar-refractivity contribution < 1.29 is 9.63 Å². The standard InChI is InChI=1S/C10H10N4O2/c1-16-13-10(15)8-2-4-9(5-3-8)14-7-11-6-12-14/h2-7H,1H3,(H,13,15). The molecule has 0 bridgehead atoms. The Balaban J connectivity index is 2.20. The zero-order chi connectivity index (χ0) is 11.4. The normalized spacial score (nSPS) is 10.1. The first-order valence-corrected chi connectivity index (χ1v) is 4.59. The summed E-state index contributed by atoms with van der Waals surface area (Å²) in [6, 6.07) is 6.93. The van der Waals surface area contributed by atoms with Gasteiger partial charge in [0.1, 0.15) is 12.7 Å². The molecule has 1 aromatic heterocycles. The molecule has 82 valence electrons. The van der Waals surface area contributed by atoms with E-state index in [4.69, 9.17) is 0 Å². The molecular weight excluding hydrogens is 208 g/mol. The summed E-state index contributed by atoms with van der Waals surface area (Å²) in [7, 11) is 1.39. The maximum atomic E-state index is 11.4. The van der Waals surface area contributed by atoms with E-state index in [2.05, 4.69) is 20.4 Å². The number of hydrogen-bond acceptors (Lipinski definition) is 4. The molecule has 1 aromatic carbocycles. The highest BCUT2D eigenvalue weighted by Gasteiger charge is 2.04. The molecule has 0 unspecified atom stereocenters. The fourth-order valence-corrected chi connectivity index (χ4v) is 1.26. The van der Waals surface area contributed by atoms with Gasteiger partial charge in [-0.2, -0.15) is 5.10 Å². The Bertz CT molecular complexity index is 464. The van der Waals surface area contributed by atoms with Gasteiger partial charge in [0.15, 0.2) is 0 Å². The largest absolute Gasteiger partial charge is 0.277 e. The molecule has 16 heavy (non-hydrogen) atoms. The topological polar surface area (TPSA) is 69.0 Å². The molecule has 0 atom stereocenters. The maximum Gasteiger partial charge on any atom is 0.274 e. The Labute approximate surface area is 91.8 Å². The predicted octanol–water partition coefficient (Wildman–Crippen LogP) is 0.559. The van der Waals surface area contributed by atoms with Crippen molar-refractivity contribution in [3.8, 4) is 5.69 Å². The molecule has 0 aliphatic heterocycles. The van der Waals surface area contributed by atoms with Crippen LogP contribution >= 0.6 is 0 Å². The second-order valence-electron chi connectivity index (χ2n) is 3.02. The van der Waals surface area contributed by atoms with E-state index in [9.17, 15) is 4.79 Å². The van der Waals surface area contributed by atoms with Crippen molar-refractivity contribution in [1.29, 1.82) is 0 Å². The van der Waals surface area contributed by atoms with Crippen molar-refractivity contribution in [2.75, 3.05) is 7.11 Å². The van der Waals surface area contributed by atoms with E-state index >= 15 is 0 Å². The van der Waals surface area contributed by atoms with Crippen molar-refractivity contribution in [2.45, 2.75) is 0 Å². The summed E-state index contributed by atoms with van der Waals surface area (Å²) in [4.78, 5) is 19.7. The van der Waals surface area contributed by atoms with Crippen LogP contribution in [0.15, 0.2) is 36.9 Å². The molecule has 0 aliphatic carbocycles. The minimum Gasteiger partial charge on any atom is -0.277 e. The average molecular weight is 218 g/mol. The number of hydrogen-bond donors (Lipinski definition) is 1. The third-order valence-corrected chi connectivity index (χ3v) is 2.01. The van der Waals surface area contributed by atoms with Gasteiger partial charge in [-0.25, -0.2) is 15.1 Å². The van der Waals surface area contributed by atoms with Crippen LogP contribution in [0.4, 0.5) is 0 Å². The Morgan fingerprint density at radius 3 is 2.69 bits per heavy atom. The Kier molecular flexibility index (Phi) is 2.93. The second-order valence-corrected chi connectivity index (χ2v) is 3.02. The van der Waals surface area contributed by atoms with E-state index in [1.807, 2.05) is 0 Å². The number of carbonyl (C=O) groups excluding carboxylic acids is 1. The van der Waals surface area contributed by atoms with E-state index in [1.54, 1.807) is 35.3 Å². The molecule has 2 aromatic rings. The van der Waals surface area contributed by atoms with Gasteiger partial charge < -0.3 is 0 Å². The molecule has 6 heteroatoms. The summed E-state index contributed by atoms with van der Waals surface area (Å²) in [5.74, 6) is -0.285. The summed E-state index contributed by atoms with van der Waals surface area (Å²) in [5.41, 5.74) is 3.60. The minimum atomic E-state index is -0.285. The summed E-state index contributed by atoms with van der Waals surface area (Å²) < 4.78 is 1.61. The van der Waals surface area contributed by atoms with Crippen LogP contribution in [-0.2, 0) is 4.84 Å². The zero-order valence-electron chi connectivity index (χ0n) is 8.62. The van der Waals surface area contributed by atoms with Crippen LogP contribution in [0.1, 0.15) is 10.4 Å². The van der Waals surface area contributed by atoms with Gasteiger partial charge in [0.2, 0.25) is 0 Å². The number of nitrogens with zero attached hydrogens (tertiary/aromatic N) is 3. The third kappa shape index (κ3) is 2.06. The first-order valence-electron chi connectivity index (χ1n) is 4.59. The van der Waals surface area contributed by atoms with Crippen LogP contribution in [-0.4, -0.2) is 27.8 Å². The van der Waals surface area contributed by atoms with Crippen LogP contribution in [0.5, 0.6) is 0 Å². The molecule has 1 N–H and O–H groups in total. The molecule has 0 aliphatic rings. The van der Waals surface area contributed by atoms with Gasteiger partial charge in [-0.15, -0.1) is 0 Å². The lowest BCUT2D eigenvalue weighted by atomic mass is 10.2. The zero-order valence-corrected chi connectivity index (χ0v) is 8.62. The molecule has 0 fully saturated rings. The number of aromatic nitrogens is 3. The Morgan fingerprint density at radius 1 is 1.38 bits per heavy atom. The first-order chi connectivity index (χ1) is 7.81. The molecule has 0 radical (unpaired) electrons. The summed E-state index contributed by atoms with van der Waals surface area (Å²) in [6.07, 6.45) is 3.04. The summed E-state index contributed by atoms with van der Waals surface area (Å²) in [6.45, 7) is 0. The van der Waals surface area contributed by atoms with E-state index < -0.39 is 0 Å². The number of carbonyl (C=O) groups is 1. The van der Waals surface area contributed by atoms with Gasteiger partial charge in [-0.1, -0.05) is 0 Å². The van der Waals surface area contributed by atoms with Gasteiger partial charge in [0.05, 0.1) is 12.8 Å². The monoisotopic (exact) mass is 218 g/mol. The van der Waals surface area contributed by atoms with Crippen LogP contribution in [0.25, 0.3) is 5.69 Å². The smallest absolute Gasteiger partial charge is 0.274 e. The van der Waals surface area contributed by atoms with Crippen LogP contribution in [0.3, 0.4) is 0 Å².